The van der Waals surface area contributed by atoms with Crippen LogP contribution >= 0.6 is 0 Å². The monoisotopic (exact) mass is 425 g/mol. The van der Waals surface area contributed by atoms with Crippen molar-refractivity contribution in [3.05, 3.63) is 57.9 Å². The Morgan fingerprint density at radius 2 is 1.94 bits per heavy atom. The minimum atomic E-state index is -0.431. The molecule has 7 nitrogen and oxygen atoms in total. The SMILES string of the molecule is CCOC(=O)c1c(C)[nH]c(C(=O)N2CCCC(C(=O)NCc3ccccc3C)C2)c1C. The number of hydrogen-bond donors (Lipinski definition) is 2. The van der Waals surface area contributed by atoms with Crippen molar-refractivity contribution in [3.8, 4) is 0 Å². The molecule has 31 heavy (non-hydrogen) atoms. The third-order valence-corrected chi connectivity index (χ3v) is 5.92. The second-order valence-electron chi connectivity index (χ2n) is 8.08. The topological polar surface area (TPSA) is 91.5 Å². The number of carbonyl (C=O) groups excluding carboxylic acids is 3. The van der Waals surface area contributed by atoms with Gasteiger partial charge in [0.15, 0.2) is 0 Å². The fourth-order valence-corrected chi connectivity index (χ4v) is 4.14. The van der Waals surface area contributed by atoms with Gasteiger partial charge in [0, 0.05) is 25.3 Å². The Balaban J connectivity index is 1.67. The molecule has 2 amide bonds. The summed E-state index contributed by atoms with van der Waals surface area (Å²) in [7, 11) is 0. The molecular formula is C24H31N3O4. The van der Waals surface area contributed by atoms with Crippen molar-refractivity contribution >= 4 is 17.8 Å². The summed E-state index contributed by atoms with van der Waals surface area (Å²) in [6, 6.07) is 7.96. The number of aromatic amines is 1. The Labute approximate surface area is 183 Å². The first kappa shape index (κ1) is 22.6. The molecule has 0 spiro atoms. The van der Waals surface area contributed by atoms with Gasteiger partial charge >= 0.3 is 5.97 Å². The second-order valence-corrected chi connectivity index (χ2v) is 8.08. The number of ether oxygens (including phenoxy) is 1. The molecule has 1 unspecified atom stereocenters. The van der Waals surface area contributed by atoms with E-state index < -0.39 is 5.97 Å². The number of H-pyrrole nitrogens is 1. The Morgan fingerprint density at radius 1 is 1.19 bits per heavy atom. The lowest BCUT2D eigenvalue weighted by Crippen LogP contribution is -2.45. The number of aryl methyl sites for hydroxylation is 2. The molecule has 1 aromatic carbocycles. The highest BCUT2D eigenvalue weighted by Crippen LogP contribution is 2.24. The molecule has 0 aliphatic carbocycles. The molecule has 1 atom stereocenters. The van der Waals surface area contributed by atoms with Gasteiger partial charge in [-0.25, -0.2) is 4.79 Å². The van der Waals surface area contributed by atoms with E-state index in [4.69, 9.17) is 4.74 Å². The van der Waals surface area contributed by atoms with Crippen LogP contribution in [0.3, 0.4) is 0 Å². The Kier molecular flexibility index (Phi) is 7.15. The fraction of sp³-hybridized carbons (Fsp3) is 0.458. The average molecular weight is 426 g/mol. The molecule has 1 fully saturated rings. The first-order chi connectivity index (χ1) is 14.8. The maximum absolute atomic E-state index is 13.2. The lowest BCUT2D eigenvalue weighted by atomic mass is 9.96. The van der Waals surface area contributed by atoms with Crippen molar-refractivity contribution in [3.63, 3.8) is 0 Å². The smallest absolute Gasteiger partial charge is 0.340 e. The second kappa shape index (κ2) is 9.81. The molecule has 2 N–H and O–H groups in total. The summed E-state index contributed by atoms with van der Waals surface area (Å²) in [5.41, 5.74) is 4.23. The van der Waals surface area contributed by atoms with Crippen molar-refractivity contribution < 1.29 is 19.1 Å². The standard InChI is InChI=1S/C24H31N3O4/c1-5-31-24(30)20-16(3)21(26-17(20)4)23(29)27-12-8-11-19(14-27)22(28)25-13-18-10-7-6-9-15(18)2/h6-7,9-10,19,26H,5,8,11-14H2,1-4H3,(H,25,28). The zero-order valence-electron chi connectivity index (χ0n) is 18.7. The van der Waals surface area contributed by atoms with Gasteiger partial charge < -0.3 is 19.9 Å². The van der Waals surface area contributed by atoms with E-state index in [1.165, 1.54) is 0 Å². The number of hydrogen-bond acceptors (Lipinski definition) is 4. The number of nitrogens with one attached hydrogen (secondary N) is 2. The average Bonchev–Trinajstić information content (AvgIpc) is 3.06. The van der Waals surface area contributed by atoms with Crippen molar-refractivity contribution in [1.29, 1.82) is 0 Å². The predicted molar refractivity (Wildman–Crippen MR) is 118 cm³/mol. The van der Waals surface area contributed by atoms with Crippen molar-refractivity contribution in [1.82, 2.24) is 15.2 Å². The molecule has 2 aromatic rings. The number of aromatic nitrogens is 1. The summed E-state index contributed by atoms with van der Waals surface area (Å²) >= 11 is 0. The van der Waals surface area contributed by atoms with Crippen LogP contribution in [-0.2, 0) is 16.1 Å². The fourth-order valence-electron chi connectivity index (χ4n) is 4.14. The van der Waals surface area contributed by atoms with E-state index in [0.717, 1.165) is 24.0 Å². The molecule has 0 bridgehead atoms. The molecule has 7 heteroatoms. The number of carbonyl (C=O) groups is 3. The zero-order chi connectivity index (χ0) is 22.5. The normalized spacial score (nSPS) is 16.1. The number of esters is 1. The van der Waals surface area contributed by atoms with E-state index in [1.54, 1.807) is 25.7 Å². The lowest BCUT2D eigenvalue weighted by molar-refractivity contribution is -0.126. The van der Waals surface area contributed by atoms with E-state index in [2.05, 4.69) is 10.3 Å². The third kappa shape index (κ3) is 4.98. The molecule has 0 saturated carbocycles. The van der Waals surface area contributed by atoms with Gasteiger partial charge in [-0.2, -0.15) is 0 Å². The van der Waals surface area contributed by atoms with Gasteiger partial charge in [0.05, 0.1) is 18.1 Å². The van der Waals surface area contributed by atoms with E-state index >= 15 is 0 Å². The maximum Gasteiger partial charge on any atom is 0.340 e. The van der Waals surface area contributed by atoms with Gasteiger partial charge in [-0.05, 0) is 57.2 Å². The highest BCUT2D eigenvalue weighted by molar-refractivity contribution is 6.00. The molecule has 1 saturated heterocycles. The van der Waals surface area contributed by atoms with Gasteiger partial charge in [0.25, 0.3) is 5.91 Å². The molecule has 1 aliphatic rings. The number of rotatable bonds is 6. The molecule has 0 radical (unpaired) electrons. The van der Waals surface area contributed by atoms with Crippen molar-refractivity contribution in [2.45, 2.75) is 47.1 Å². The van der Waals surface area contributed by atoms with Gasteiger partial charge in [-0.15, -0.1) is 0 Å². The van der Waals surface area contributed by atoms with Crippen LogP contribution < -0.4 is 5.32 Å². The van der Waals surface area contributed by atoms with Gasteiger partial charge in [-0.1, -0.05) is 24.3 Å². The van der Waals surface area contributed by atoms with Crippen LogP contribution in [0.4, 0.5) is 0 Å². The molecule has 1 aliphatic heterocycles. The third-order valence-electron chi connectivity index (χ3n) is 5.92. The van der Waals surface area contributed by atoms with Gasteiger partial charge in [-0.3, -0.25) is 9.59 Å². The van der Waals surface area contributed by atoms with Gasteiger partial charge in [0.1, 0.15) is 5.69 Å². The maximum atomic E-state index is 13.2. The number of piperidine rings is 1. The highest BCUT2D eigenvalue weighted by atomic mass is 16.5. The molecule has 1 aromatic heterocycles. The Morgan fingerprint density at radius 3 is 2.65 bits per heavy atom. The quantitative estimate of drug-likeness (QED) is 0.695. The number of likely N-dealkylation sites (tertiary alicyclic amines) is 1. The summed E-state index contributed by atoms with van der Waals surface area (Å²) < 4.78 is 5.11. The molecule has 2 heterocycles. The van der Waals surface area contributed by atoms with E-state index in [9.17, 15) is 14.4 Å². The van der Waals surface area contributed by atoms with E-state index in [0.29, 0.717) is 42.1 Å². The van der Waals surface area contributed by atoms with Crippen LogP contribution in [0.15, 0.2) is 24.3 Å². The summed E-state index contributed by atoms with van der Waals surface area (Å²) in [6.07, 6.45) is 1.51. The molecule has 3 rings (SSSR count). The van der Waals surface area contributed by atoms with Crippen LogP contribution in [-0.4, -0.2) is 47.4 Å². The summed E-state index contributed by atoms with van der Waals surface area (Å²) in [5.74, 6) is -0.901. The number of amides is 2. The predicted octanol–water partition coefficient (Wildman–Crippen LogP) is 3.29. The van der Waals surface area contributed by atoms with Crippen molar-refractivity contribution in [2.75, 3.05) is 19.7 Å². The number of benzene rings is 1. The van der Waals surface area contributed by atoms with Crippen LogP contribution in [0.2, 0.25) is 0 Å². The highest BCUT2D eigenvalue weighted by Gasteiger charge is 2.31. The minimum absolute atomic E-state index is 0.0349. The largest absolute Gasteiger partial charge is 0.462 e. The summed E-state index contributed by atoms with van der Waals surface area (Å²) in [6.45, 7) is 8.99. The zero-order valence-corrected chi connectivity index (χ0v) is 18.7. The van der Waals surface area contributed by atoms with E-state index in [1.807, 2.05) is 31.2 Å². The lowest BCUT2D eigenvalue weighted by Gasteiger charge is -2.32. The van der Waals surface area contributed by atoms with Crippen LogP contribution in [0.25, 0.3) is 0 Å². The Hall–Kier alpha value is -3.09. The molecule has 166 valence electrons. The first-order valence-corrected chi connectivity index (χ1v) is 10.8. The van der Waals surface area contributed by atoms with E-state index in [-0.39, 0.29) is 24.3 Å². The Bertz CT molecular complexity index is 979. The number of nitrogens with zero attached hydrogens (tertiary/aromatic N) is 1. The van der Waals surface area contributed by atoms with Crippen LogP contribution in [0.5, 0.6) is 0 Å². The van der Waals surface area contributed by atoms with Gasteiger partial charge in [0.2, 0.25) is 5.91 Å². The minimum Gasteiger partial charge on any atom is -0.462 e. The van der Waals surface area contributed by atoms with Crippen molar-refractivity contribution in [2.24, 2.45) is 5.92 Å². The summed E-state index contributed by atoms with van der Waals surface area (Å²) in [4.78, 5) is 42.9. The van der Waals surface area contributed by atoms with Crippen LogP contribution in [0.1, 0.15) is 63.0 Å². The first-order valence-electron chi connectivity index (χ1n) is 10.8. The van der Waals surface area contributed by atoms with Crippen LogP contribution in [0, 0.1) is 26.7 Å². The molecular weight excluding hydrogens is 394 g/mol. The summed E-state index contributed by atoms with van der Waals surface area (Å²) in [5, 5.41) is 3.02.